The summed E-state index contributed by atoms with van der Waals surface area (Å²) < 4.78 is 57.0. The highest BCUT2D eigenvalue weighted by Crippen LogP contribution is 2.26. The average Bonchev–Trinajstić information content (AvgIpc) is 3.04. The van der Waals surface area contributed by atoms with Crippen molar-refractivity contribution in [3.05, 3.63) is 24.0 Å². The van der Waals surface area contributed by atoms with Gasteiger partial charge in [-0.2, -0.15) is 0 Å². The van der Waals surface area contributed by atoms with Crippen molar-refractivity contribution >= 4 is 10.0 Å². The van der Waals surface area contributed by atoms with Gasteiger partial charge in [-0.3, -0.25) is 0 Å². The Morgan fingerprint density at radius 3 is 2.72 bits per heavy atom. The summed E-state index contributed by atoms with van der Waals surface area (Å²) in [5.41, 5.74) is -0.452. The van der Waals surface area contributed by atoms with Crippen LogP contribution in [-0.2, 0) is 19.5 Å². The molecule has 1 aliphatic rings. The third-order valence-electron chi connectivity index (χ3n) is 4.09. The number of hydrogen-bond acceptors (Lipinski definition) is 6. The number of ether oxygens (including phenoxy) is 3. The fraction of sp³-hybridized carbons (Fsp3) is 0.625. The summed E-state index contributed by atoms with van der Waals surface area (Å²) in [5, 5.41) is 3.29. The Labute approximate surface area is 147 Å². The predicted octanol–water partition coefficient (Wildman–Crippen LogP) is 0.898. The number of sulfonamides is 1. The lowest BCUT2D eigenvalue weighted by molar-refractivity contribution is 0.122. The molecule has 9 heteroatoms. The molecular weight excluding hydrogens is 351 g/mol. The Morgan fingerprint density at radius 2 is 2.08 bits per heavy atom. The first-order chi connectivity index (χ1) is 11.9. The van der Waals surface area contributed by atoms with Crippen molar-refractivity contribution in [1.82, 2.24) is 10.0 Å². The second-order valence-electron chi connectivity index (χ2n) is 6.00. The fourth-order valence-corrected chi connectivity index (χ4v) is 4.11. The Balaban J connectivity index is 2.16. The molecule has 1 saturated heterocycles. The van der Waals surface area contributed by atoms with Crippen LogP contribution in [0.4, 0.5) is 4.39 Å². The van der Waals surface area contributed by atoms with Crippen LogP contribution in [0.5, 0.6) is 5.75 Å². The monoisotopic (exact) mass is 376 g/mol. The first-order valence-electron chi connectivity index (χ1n) is 8.07. The van der Waals surface area contributed by atoms with E-state index in [4.69, 9.17) is 14.2 Å². The largest absolute Gasteiger partial charge is 0.490 e. The molecule has 0 spiro atoms. The molecule has 1 heterocycles. The van der Waals surface area contributed by atoms with E-state index < -0.39 is 21.4 Å². The SMILES string of the molecule is COCCOc1ccc(F)cc1S(=O)(=O)NCC1(COC)CCCN1. The smallest absolute Gasteiger partial charge is 0.244 e. The molecule has 142 valence electrons. The average molecular weight is 376 g/mol. The Morgan fingerprint density at radius 1 is 1.28 bits per heavy atom. The van der Waals surface area contributed by atoms with E-state index >= 15 is 0 Å². The number of halogens is 1. The van der Waals surface area contributed by atoms with Gasteiger partial charge < -0.3 is 19.5 Å². The van der Waals surface area contributed by atoms with Crippen LogP contribution >= 0.6 is 0 Å². The van der Waals surface area contributed by atoms with Gasteiger partial charge in [-0.25, -0.2) is 17.5 Å². The van der Waals surface area contributed by atoms with Gasteiger partial charge in [0.15, 0.2) is 0 Å². The summed E-state index contributed by atoms with van der Waals surface area (Å²) >= 11 is 0. The molecule has 7 nitrogen and oxygen atoms in total. The maximum Gasteiger partial charge on any atom is 0.244 e. The first-order valence-corrected chi connectivity index (χ1v) is 9.56. The lowest BCUT2D eigenvalue weighted by Crippen LogP contribution is -2.52. The summed E-state index contributed by atoms with van der Waals surface area (Å²) in [7, 11) is -0.861. The topological polar surface area (TPSA) is 85.9 Å². The second kappa shape index (κ2) is 8.91. The molecule has 1 aromatic rings. The molecule has 0 saturated carbocycles. The predicted molar refractivity (Wildman–Crippen MR) is 90.8 cm³/mol. The van der Waals surface area contributed by atoms with Crippen LogP contribution < -0.4 is 14.8 Å². The van der Waals surface area contributed by atoms with Crippen LogP contribution in [0.3, 0.4) is 0 Å². The van der Waals surface area contributed by atoms with E-state index in [1.165, 1.54) is 13.2 Å². The molecule has 25 heavy (non-hydrogen) atoms. The minimum absolute atomic E-state index is 0.0890. The Bertz CT molecular complexity index is 662. The minimum Gasteiger partial charge on any atom is -0.490 e. The molecule has 1 fully saturated rings. The first kappa shape index (κ1) is 20.1. The van der Waals surface area contributed by atoms with E-state index in [2.05, 4.69) is 10.0 Å². The van der Waals surface area contributed by atoms with Gasteiger partial charge in [0.25, 0.3) is 0 Å². The number of hydrogen-bond donors (Lipinski definition) is 2. The molecule has 1 unspecified atom stereocenters. The van der Waals surface area contributed by atoms with E-state index in [1.54, 1.807) is 7.11 Å². The molecule has 1 atom stereocenters. The van der Waals surface area contributed by atoms with Crippen molar-refractivity contribution in [3.63, 3.8) is 0 Å². The minimum atomic E-state index is -3.95. The number of benzene rings is 1. The Kier molecular flexibility index (Phi) is 7.14. The maximum atomic E-state index is 13.6. The van der Waals surface area contributed by atoms with Crippen molar-refractivity contribution in [2.75, 3.05) is 47.1 Å². The van der Waals surface area contributed by atoms with E-state index in [9.17, 15) is 12.8 Å². The highest BCUT2D eigenvalue weighted by atomic mass is 32.2. The van der Waals surface area contributed by atoms with Crippen molar-refractivity contribution in [2.45, 2.75) is 23.3 Å². The second-order valence-corrected chi connectivity index (χ2v) is 7.74. The molecule has 0 amide bonds. The fourth-order valence-electron chi connectivity index (χ4n) is 2.83. The maximum absolute atomic E-state index is 13.6. The zero-order chi connectivity index (χ0) is 18.3. The van der Waals surface area contributed by atoms with Crippen molar-refractivity contribution < 1.29 is 27.0 Å². The highest BCUT2D eigenvalue weighted by molar-refractivity contribution is 7.89. The zero-order valence-corrected chi connectivity index (χ0v) is 15.3. The molecular formula is C16H25FN2O5S. The van der Waals surface area contributed by atoms with Crippen LogP contribution in [-0.4, -0.2) is 61.1 Å². The van der Waals surface area contributed by atoms with E-state index in [0.717, 1.165) is 31.5 Å². The Hall–Kier alpha value is -1.26. The summed E-state index contributed by atoms with van der Waals surface area (Å²) in [6.07, 6.45) is 1.74. The number of rotatable bonds is 10. The van der Waals surface area contributed by atoms with Gasteiger partial charge in [0.05, 0.1) is 18.8 Å². The van der Waals surface area contributed by atoms with Gasteiger partial charge in [0, 0.05) is 20.8 Å². The van der Waals surface area contributed by atoms with Gasteiger partial charge in [-0.15, -0.1) is 0 Å². The summed E-state index contributed by atoms with van der Waals surface area (Å²) in [5.74, 6) is -0.559. The van der Waals surface area contributed by atoms with E-state index in [1.807, 2.05) is 0 Å². The molecule has 0 aromatic heterocycles. The summed E-state index contributed by atoms with van der Waals surface area (Å²) in [6.45, 7) is 1.80. The van der Waals surface area contributed by atoms with Gasteiger partial charge >= 0.3 is 0 Å². The van der Waals surface area contributed by atoms with Crippen molar-refractivity contribution in [3.8, 4) is 5.75 Å². The molecule has 2 N–H and O–H groups in total. The van der Waals surface area contributed by atoms with Crippen LogP contribution in [0.2, 0.25) is 0 Å². The van der Waals surface area contributed by atoms with Crippen molar-refractivity contribution in [1.29, 1.82) is 0 Å². The summed E-state index contributed by atoms with van der Waals surface area (Å²) in [4.78, 5) is -0.228. The normalized spacial score (nSPS) is 20.8. The van der Waals surface area contributed by atoms with E-state index in [0.29, 0.717) is 13.2 Å². The summed E-state index contributed by atoms with van der Waals surface area (Å²) in [6, 6.07) is 3.42. The van der Waals surface area contributed by atoms with Crippen molar-refractivity contribution in [2.24, 2.45) is 0 Å². The number of nitrogens with one attached hydrogen (secondary N) is 2. The lowest BCUT2D eigenvalue weighted by atomic mass is 9.99. The van der Waals surface area contributed by atoms with Gasteiger partial charge in [0.1, 0.15) is 23.1 Å². The van der Waals surface area contributed by atoms with Crippen LogP contribution in [0.1, 0.15) is 12.8 Å². The van der Waals surface area contributed by atoms with Crippen LogP contribution in [0, 0.1) is 5.82 Å². The molecule has 1 aliphatic heterocycles. The number of methoxy groups -OCH3 is 2. The molecule has 2 rings (SSSR count). The van der Waals surface area contributed by atoms with Crippen LogP contribution in [0.25, 0.3) is 0 Å². The van der Waals surface area contributed by atoms with Gasteiger partial charge in [-0.05, 0) is 37.6 Å². The molecule has 0 aliphatic carbocycles. The molecule has 0 radical (unpaired) electrons. The van der Waals surface area contributed by atoms with Crippen LogP contribution in [0.15, 0.2) is 23.1 Å². The quantitative estimate of drug-likeness (QED) is 0.590. The third kappa shape index (κ3) is 5.35. The van der Waals surface area contributed by atoms with Gasteiger partial charge in [-0.1, -0.05) is 0 Å². The zero-order valence-electron chi connectivity index (χ0n) is 14.5. The lowest BCUT2D eigenvalue weighted by Gasteiger charge is -2.29. The molecule has 0 bridgehead atoms. The highest BCUT2D eigenvalue weighted by Gasteiger charge is 2.35. The molecule has 1 aromatic carbocycles. The third-order valence-corrected chi connectivity index (χ3v) is 5.52. The standard InChI is InChI=1S/C16H25FN2O5S/c1-22-8-9-24-14-5-4-13(17)10-15(14)25(20,21)19-11-16(12-23-2)6-3-7-18-16/h4-5,10,18-19H,3,6-9,11-12H2,1-2H3. The van der Waals surface area contributed by atoms with Gasteiger partial charge in [0.2, 0.25) is 10.0 Å². The van der Waals surface area contributed by atoms with E-state index in [-0.39, 0.29) is 23.8 Å².